The number of amides is 1. The number of rotatable bonds is 5. The number of hydrogen-bond donors (Lipinski definition) is 1. The highest BCUT2D eigenvalue weighted by atomic mass is 16.7. The fraction of sp³-hybridized carbons (Fsp3) is 0.381. The third kappa shape index (κ3) is 4.91. The molecule has 1 heterocycles. The van der Waals surface area contributed by atoms with Crippen LogP contribution in [-0.4, -0.2) is 30.2 Å². The van der Waals surface area contributed by atoms with Gasteiger partial charge >= 0.3 is 0 Å². The van der Waals surface area contributed by atoms with Crippen LogP contribution in [0.1, 0.15) is 30.4 Å². The van der Waals surface area contributed by atoms with Crippen LogP contribution in [0.25, 0.3) is 0 Å². The highest BCUT2D eigenvalue weighted by molar-refractivity contribution is 5.92. The van der Waals surface area contributed by atoms with Crippen molar-refractivity contribution in [3.05, 3.63) is 65.7 Å². The first kappa shape index (κ1) is 17.6. The van der Waals surface area contributed by atoms with Crippen molar-refractivity contribution in [2.75, 3.05) is 25.0 Å². The number of hydrogen-bond acceptors (Lipinski definition) is 2. The molecule has 1 saturated heterocycles. The summed E-state index contributed by atoms with van der Waals surface area (Å²) in [5.74, 6) is 0.00660. The van der Waals surface area contributed by atoms with Crippen LogP contribution in [0, 0.1) is 6.92 Å². The molecule has 4 heteroatoms. The van der Waals surface area contributed by atoms with Gasteiger partial charge in [-0.3, -0.25) is 4.79 Å². The number of benzene rings is 2. The zero-order valence-corrected chi connectivity index (χ0v) is 14.9. The molecule has 3 rings (SSSR count). The minimum atomic E-state index is 0.00660. The predicted molar refractivity (Wildman–Crippen MR) is 99.8 cm³/mol. The van der Waals surface area contributed by atoms with Gasteiger partial charge in [0.05, 0.1) is 0 Å². The maximum Gasteiger partial charge on any atom is 0.282 e. The largest absolute Gasteiger partial charge is 0.321 e. The Kier molecular flexibility index (Phi) is 5.84. The van der Waals surface area contributed by atoms with E-state index < -0.39 is 0 Å². The Hall–Kier alpha value is -2.17. The van der Waals surface area contributed by atoms with Gasteiger partial charge in [-0.05, 0) is 37.8 Å². The molecule has 1 unspecified atom stereocenters. The summed E-state index contributed by atoms with van der Waals surface area (Å²) < 4.78 is 0.377. The molecule has 2 aromatic carbocycles. The molecule has 0 spiro atoms. The molecule has 0 aliphatic carbocycles. The number of para-hydroxylation sites is 1. The molecule has 4 nitrogen and oxygen atoms in total. The molecule has 0 saturated carbocycles. The van der Waals surface area contributed by atoms with Crippen molar-refractivity contribution >= 4 is 11.6 Å². The highest BCUT2D eigenvalue weighted by Crippen LogP contribution is 2.22. The number of aryl methyl sites for hydroxylation is 1. The summed E-state index contributed by atoms with van der Waals surface area (Å²) in [5, 5.41) is 3.05. The van der Waals surface area contributed by atoms with Gasteiger partial charge in [-0.2, -0.15) is 4.65 Å². The van der Waals surface area contributed by atoms with E-state index in [4.69, 9.17) is 4.84 Å². The van der Waals surface area contributed by atoms with Crippen LogP contribution < -0.4 is 5.32 Å². The van der Waals surface area contributed by atoms with E-state index in [1.165, 1.54) is 5.56 Å². The zero-order valence-electron chi connectivity index (χ0n) is 14.9. The van der Waals surface area contributed by atoms with E-state index in [9.17, 15) is 4.79 Å². The molecule has 25 heavy (non-hydrogen) atoms. The fourth-order valence-electron chi connectivity index (χ4n) is 3.39. The third-order valence-electron chi connectivity index (χ3n) is 4.74. The number of quaternary nitrogens is 1. The van der Waals surface area contributed by atoms with Gasteiger partial charge in [0.25, 0.3) is 5.91 Å². The number of anilines is 1. The van der Waals surface area contributed by atoms with Crippen molar-refractivity contribution in [1.82, 2.24) is 0 Å². The van der Waals surface area contributed by atoms with Gasteiger partial charge in [0.15, 0.2) is 6.54 Å². The van der Waals surface area contributed by atoms with Crippen LogP contribution >= 0.6 is 0 Å². The van der Waals surface area contributed by atoms with Gasteiger partial charge < -0.3 is 5.32 Å². The van der Waals surface area contributed by atoms with Crippen molar-refractivity contribution in [3.63, 3.8) is 0 Å². The normalized spacial score (nSPS) is 20.7. The van der Waals surface area contributed by atoms with Crippen LogP contribution in [-0.2, 0) is 16.2 Å². The van der Waals surface area contributed by atoms with Gasteiger partial charge in [0.2, 0.25) is 0 Å². The maximum absolute atomic E-state index is 12.7. The minimum absolute atomic E-state index is 0.00660. The van der Waals surface area contributed by atoms with Crippen molar-refractivity contribution in [3.8, 4) is 0 Å². The summed E-state index contributed by atoms with van der Waals surface area (Å²) in [5.41, 5.74) is 3.15. The van der Waals surface area contributed by atoms with Crippen LogP contribution in [0.3, 0.4) is 0 Å². The number of carbonyl (C=O) groups excluding carboxylic acids is 1. The van der Waals surface area contributed by atoms with E-state index >= 15 is 0 Å². The molecule has 1 amide bonds. The van der Waals surface area contributed by atoms with Crippen molar-refractivity contribution in [1.29, 1.82) is 0 Å². The first-order chi connectivity index (χ1) is 12.2. The van der Waals surface area contributed by atoms with Crippen molar-refractivity contribution < 1.29 is 14.3 Å². The van der Waals surface area contributed by atoms with Gasteiger partial charge in [0.1, 0.15) is 19.7 Å². The number of hydroxylamine groups is 3. The van der Waals surface area contributed by atoms with Crippen LogP contribution in [0.4, 0.5) is 5.69 Å². The van der Waals surface area contributed by atoms with Gasteiger partial charge in [-0.1, -0.05) is 48.5 Å². The summed E-state index contributed by atoms with van der Waals surface area (Å²) >= 11 is 0. The first-order valence-electron chi connectivity index (χ1n) is 9.07. The maximum atomic E-state index is 12.7. The summed E-state index contributed by atoms with van der Waals surface area (Å²) in [4.78, 5) is 18.9. The summed E-state index contributed by atoms with van der Waals surface area (Å²) in [7, 11) is 0. The van der Waals surface area contributed by atoms with Crippen LogP contribution in [0.15, 0.2) is 54.6 Å². The molecule has 132 valence electrons. The lowest BCUT2D eigenvalue weighted by Crippen LogP contribution is -2.51. The van der Waals surface area contributed by atoms with E-state index in [-0.39, 0.29) is 5.91 Å². The molecule has 1 aliphatic heterocycles. The molecule has 1 N–H and O–H groups in total. The molecule has 1 fully saturated rings. The van der Waals surface area contributed by atoms with E-state index in [0.717, 1.165) is 43.6 Å². The number of nitrogens with one attached hydrogen (secondary N) is 1. The van der Waals surface area contributed by atoms with Gasteiger partial charge in [0, 0.05) is 11.3 Å². The van der Waals surface area contributed by atoms with Gasteiger partial charge in [-0.15, -0.1) is 0 Å². The summed E-state index contributed by atoms with van der Waals surface area (Å²) in [6.45, 7) is 4.65. The number of carbonyl (C=O) groups is 1. The SMILES string of the molecule is Cc1ccccc1NC(=O)C[N+]1(Cc2ccccc2)CCCCCO1. The standard InChI is InChI=1S/C21H26N2O2/c1-18-10-6-7-13-20(18)22-21(24)17-23(14-8-3-9-15-25-23)16-19-11-4-2-5-12-19/h2,4-7,10-13H,3,8-9,14-17H2,1H3/p+1. The van der Waals surface area contributed by atoms with Crippen LogP contribution in [0.5, 0.6) is 0 Å². The second-order valence-electron chi connectivity index (χ2n) is 6.84. The molecule has 1 aliphatic rings. The van der Waals surface area contributed by atoms with E-state index in [2.05, 4.69) is 17.4 Å². The zero-order chi connectivity index (χ0) is 17.5. The fourth-order valence-corrected chi connectivity index (χ4v) is 3.39. The molecule has 0 bridgehead atoms. The van der Waals surface area contributed by atoms with Crippen LogP contribution in [0.2, 0.25) is 0 Å². The first-order valence-corrected chi connectivity index (χ1v) is 9.07. The quantitative estimate of drug-likeness (QED) is 0.834. The second-order valence-corrected chi connectivity index (χ2v) is 6.84. The lowest BCUT2D eigenvalue weighted by molar-refractivity contribution is -1.11. The summed E-state index contributed by atoms with van der Waals surface area (Å²) in [6.07, 6.45) is 3.31. The Morgan fingerprint density at radius 2 is 1.80 bits per heavy atom. The second kappa shape index (κ2) is 8.28. The molecule has 0 aromatic heterocycles. The summed E-state index contributed by atoms with van der Waals surface area (Å²) in [6, 6.07) is 18.2. The Balaban J connectivity index is 1.75. The predicted octanol–water partition coefficient (Wildman–Crippen LogP) is 4.07. The average Bonchev–Trinajstić information content (AvgIpc) is 2.83. The Morgan fingerprint density at radius 1 is 1.04 bits per heavy atom. The molecular weight excluding hydrogens is 312 g/mol. The molecular formula is C21H27N2O2+. The minimum Gasteiger partial charge on any atom is -0.321 e. The number of nitrogens with zero attached hydrogens (tertiary/aromatic N) is 1. The highest BCUT2D eigenvalue weighted by Gasteiger charge is 2.34. The van der Waals surface area contributed by atoms with E-state index in [0.29, 0.717) is 17.8 Å². The topological polar surface area (TPSA) is 38.3 Å². The third-order valence-corrected chi connectivity index (χ3v) is 4.74. The monoisotopic (exact) mass is 339 g/mol. The van der Waals surface area contributed by atoms with Crippen molar-refractivity contribution in [2.45, 2.75) is 32.7 Å². The Bertz CT molecular complexity index is 692. The molecule has 2 aromatic rings. The molecule has 1 atom stereocenters. The van der Waals surface area contributed by atoms with E-state index in [1.807, 2.05) is 49.4 Å². The van der Waals surface area contributed by atoms with Crippen molar-refractivity contribution in [2.24, 2.45) is 0 Å². The average molecular weight is 339 g/mol. The van der Waals surface area contributed by atoms with E-state index in [1.54, 1.807) is 0 Å². The smallest absolute Gasteiger partial charge is 0.282 e. The lowest BCUT2D eigenvalue weighted by atomic mass is 10.2. The Morgan fingerprint density at radius 3 is 2.60 bits per heavy atom. The lowest BCUT2D eigenvalue weighted by Gasteiger charge is -2.34. The molecule has 0 radical (unpaired) electrons. The Labute approximate surface area is 150 Å². The van der Waals surface area contributed by atoms with Gasteiger partial charge in [-0.25, -0.2) is 4.84 Å².